The Morgan fingerprint density at radius 3 is 1.43 bits per heavy atom. The molecule has 2 atom stereocenters. The minimum atomic E-state index is -2.86. The predicted molar refractivity (Wildman–Crippen MR) is 35.8 cm³/mol. The maximum absolute atomic E-state index is 9.22. The van der Waals surface area contributed by atoms with Crippen molar-refractivity contribution in [2.45, 2.75) is 0 Å². The van der Waals surface area contributed by atoms with Crippen LogP contribution in [0.2, 0.25) is 0 Å². The number of carbonyl (C=O) groups is 1. The molecule has 14 heavy (non-hydrogen) atoms. The number of aliphatic hydroxyl groups is 1. The Kier molecular flexibility index (Phi) is 62.2. The van der Waals surface area contributed by atoms with Gasteiger partial charge >= 0.3 is 59.1 Å². The molecule has 0 aromatic rings. The molecule has 0 rings (SSSR count). The minimum absolute atomic E-state index is 0. The molecular formula is C2H6Na2O8S2. The van der Waals surface area contributed by atoms with E-state index in [-0.39, 0.29) is 59.1 Å². The van der Waals surface area contributed by atoms with Gasteiger partial charge in [0, 0.05) is 0 Å². The molecule has 2 N–H and O–H groups in total. The van der Waals surface area contributed by atoms with Crippen LogP contribution in [0.25, 0.3) is 0 Å². The van der Waals surface area contributed by atoms with Gasteiger partial charge in [0.2, 0.25) is 0 Å². The Labute approximate surface area is 130 Å². The smallest absolute Gasteiger partial charge is 0.750 e. The van der Waals surface area contributed by atoms with Gasteiger partial charge in [-0.05, 0) is 0 Å². The standard InChI is InChI=1S/CH4O4S.CH2O.2Na.H2O3S/c2-1-5-6(3)4;1-2;;;1-4(2)3/h2H,1H2,(H,3,4);1H2;;;(H2,1,2,3)/q;;2*+1;/p-2. The summed E-state index contributed by atoms with van der Waals surface area (Å²) in [5.41, 5.74) is 0. The summed E-state index contributed by atoms with van der Waals surface area (Å²) in [6, 6.07) is 0. The first kappa shape index (κ1) is 29.7. The van der Waals surface area contributed by atoms with Crippen molar-refractivity contribution in [3.63, 3.8) is 0 Å². The third kappa shape index (κ3) is 98.7. The van der Waals surface area contributed by atoms with Crippen LogP contribution in [0, 0.1) is 0 Å². The van der Waals surface area contributed by atoms with Gasteiger partial charge in [0.25, 0.3) is 0 Å². The molecule has 0 heterocycles. The third-order valence-corrected chi connectivity index (χ3v) is 0.447. The molecule has 0 aliphatic heterocycles. The zero-order valence-electron chi connectivity index (χ0n) is 7.57. The first-order valence-electron chi connectivity index (χ1n) is 1.91. The van der Waals surface area contributed by atoms with E-state index in [2.05, 4.69) is 4.18 Å². The molecule has 0 saturated carbocycles. The fourth-order valence-corrected chi connectivity index (χ4v) is 0.129. The maximum Gasteiger partial charge on any atom is 1.00 e. The van der Waals surface area contributed by atoms with E-state index in [0.29, 0.717) is 0 Å². The van der Waals surface area contributed by atoms with Gasteiger partial charge in [0.15, 0.2) is 6.79 Å². The third-order valence-electron chi connectivity index (χ3n) is 0.149. The van der Waals surface area contributed by atoms with Gasteiger partial charge < -0.3 is 23.6 Å². The van der Waals surface area contributed by atoms with Gasteiger partial charge in [-0.3, -0.25) is 4.18 Å². The number of rotatable bonds is 2. The number of carbonyl (C=O) groups excluding carboxylic acids is 1. The monoisotopic (exact) mass is 268 g/mol. The quantitative estimate of drug-likeness (QED) is 0.285. The molecule has 2 unspecified atom stereocenters. The molecule has 0 spiro atoms. The van der Waals surface area contributed by atoms with Crippen molar-refractivity contribution in [2.24, 2.45) is 0 Å². The zero-order valence-corrected chi connectivity index (χ0v) is 13.2. The van der Waals surface area contributed by atoms with Gasteiger partial charge in [-0.2, -0.15) is 0 Å². The van der Waals surface area contributed by atoms with Crippen LogP contribution in [0.4, 0.5) is 0 Å². The van der Waals surface area contributed by atoms with Crippen molar-refractivity contribution in [2.75, 3.05) is 6.79 Å². The number of hydrogen-bond acceptors (Lipinski definition) is 7. The van der Waals surface area contributed by atoms with E-state index >= 15 is 0 Å². The second-order valence-corrected chi connectivity index (χ2v) is 1.75. The van der Waals surface area contributed by atoms with Gasteiger partial charge in [-0.25, -0.2) is 8.42 Å². The topological polar surface area (TPSA) is 147 Å². The van der Waals surface area contributed by atoms with Crippen LogP contribution >= 0.6 is 0 Å². The largest absolute Gasteiger partial charge is 1.00 e. The first-order valence-corrected chi connectivity index (χ1v) is 3.94. The van der Waals surface area contributed by atoms with Crippen LogP contribution in [-0.2, 0) is 31.7 Å². The van der Waals surface area contributed by atoms with E-state index in [0.717, 1.165) is 0 Å². The van der Waals surface area contributed by atoms with Crippen molar-refractivity contribution in [3.8, 4) is 0 Å². The Morgan fingerprint density at radius 2 is 1.43 bits per heavy atom. The summed E-state index contributed by atoms with van der Waals surface area (Å²) in [4.78, 5) is 8.00. The maximum atomic E-state index is 9.22. The second kappa shape index (κ2) is 29.3. The van der Waals surface area contributed by atoms with E-state index in [9.17, 15) is 8.76 Å². The Morgan fingerprint density at radius 1 is 1.21 bits per heavy atom. The van der Waals surface area contributed by atoms with E-state index in [1.807, 2.05) is 6.79 Å². The number of aliphatic hydroxyl groups excluding tert-OH is 1. The summed E-state index contributed by atoms with van der Waals surface area (Å²) in [5.74, 6) is 0. The summed E-state index contributed by atoms with van der Waals surface area (Å²) in [5, 5.41) is 7.62. The van der Waals surface area contributed by atoms with E-state index in [1.54, 1.807) is 0 Å². The fraction of sp³-hybridized carbons (Fsp3) is 0.500. The molecular weight excluding hydrogens is 262 g/mol. The predicted octanol–water partition coefficient (Wildman–Crippen LogP) is -8.09. The average molecular weight is 268 g/mol. The van der Waals surface area contributed by atoms with E-state index in [4.69, 9.17) is 23.2 Å². The molecule has 0 aromatic carbocycles. The molecule has 0 saturated heterocycles. The van der Waals surface area contributed by atoms with Crippen LogP contribution in [0.15, 0.2) is 0 Å². The molecule has 0 aromatic heterocycles. The molecule has 0 amide bonds. The summed E-state index contributed by atoms with van der Waals surface area (Å²) in [6.07, 6.45) is 0. The molecule has 0 aliphatic carbocycles. The minimum Gasteiger partial charge on any atom is -0.750 e. The fourth-order valence-electron chi connectivity index (χ4n) is 0.0430. The Hall–Kier alpha value is 1.77. The first-order chi connectivity index (χ1) is 5.50. The van der Waals surface area contributed by atoms with Crippen LogP contribution in [0.5, 0.6) is 0 Å². The molecule has 76 valence electrons. The molecule has 0 bridgehead atoms. The Bertz CT molecular complexity index is 129. The van der Waals surface area contributed by atoms with Gasteiger partial charge in [-0.1, -0.05) is 0 Å². The summed E-state index contributed by atoms with van der Waals surface area (Å²) in [7, 11) is 0. The van der Waals surface area contributed by atoms with Crippen molar-refractivity contribution in [3.05, 3.63) is 0 Å². The summed E-state index contributed by atoms with van der Waals surface area (Å²) < 4.78 is 46.0. The normalized spacial score (nSPS) is 10.9. The van der Waals surface area contributed by atoms with Gasteiger partial charge in [0.1, 0.15) is 6.79 Å². The van der Waals surface area contributed by atoms with Crippen LogP contribution in [-0.4, -0.2) is 40.8 Å². The summed E-state index contributed by atoms with van der Waals surface area (Å²) in [6.45, 7) is 1.22. The van der Waals surface area contributed by atoms with Crippen molar-refractivity contribution < 1.29 is 95.3 Å². The molecule has 0 radical (unpaired) electrons. The van der Waals surface area contributed by atoms with Crippen LogP contribution in [0.3, 0.4) is 0 Å². The van der Waals surface area contributed by atoms with Crippen molar-refractivity contribution in [1.29, 1.82) is 0 Å². The van der Waals surface area contributed by atoms with Crippen LogP contribution in [0.1, 0.15) is 0 Å². The zero-order chi connectivity index (χ0) is 10.6. The Balaban J connectivity index is -0.0000000302. The molecule has 0 fully saturated rings. The SMILES string of the molecule is C=O.O=S([O-])O.O=S([O-])OCO.[Na+].[Na+]. The average Bonchev–Trinajstić information content (AvgIpc) is 1.90. The van der Waals surface area contributed by atoms with Gasteiger partial charge in [-0.15, -0.1) is 0 Å². The molecule has 12 heteroatoms. The second-order valence-electron chi connectivity index (χ2n) is 0.668. The van der Waals surface area contributed by atoms with Crippen molar-refractivity contribution in [1.82, 2.24) is 0 Å². The van der Waals surface area contributed by atoms with E-state index in [1.165, 1.54) is 0 Å². The molecule has 8 nitrogen and oxygen atoms in total. The van der Waals surface area contributed by atoms with Crippen LogP contribution < -0.4 is 59.1 Å². The van der Waals surface area contributed by atoms with Crippen molar-refractivity contribution >= 4 is 29.5 Å². The van der Waals surface area contributed by atoms with Gasteiger partial charge in [0.05, 0.1) is 22.7 Å². The number of hydrogen-bond donors (Lipinski definition) is 2. The summed E-state index contributed by atoms with van der Waals surface area (Å²) >= 11 is -5.43. The molecule has 0 aliphatic rings. The van der Waals surface area contributed by atoms with E-state index < -0.39 is 29.5 Å².